The molecule has 192 valence electrons. The third kappa shape index (κ3) is 6.94. The number of nitrogens with zero attached hydrogens (tertiary/aromatic N) is 3. The van der Waals surface area contributed by atoms with E-state index in [-0.39, 0.29) is 23.9 Å². The third-order valence-corrected chi connectivity index (χ3v) is 7.24. The molecule has 12 heteroatoms. The van der Waals surface area contributed by atoms with Crippen molar-refractivity contribution < 1.29 is 31.1 Å². The normalized spacial score (nSPS) is 14.7. The van der Waals surface area contributed by atoms with Crippen LogP contribution in [0.4, 0.5) is 24.5 Å². The first-order valence-electron chi connectivity index (χ1n) is 10.9. The van der Waals surface area contributed by atoms with Crippen LogP contribution in [-0.2, 0) is 21.0 Å². The average molecular weight is 534 g/mol. The number of hydrogen-bond acceptors (Lipinski definition) is 5. The first kappa shape index (κ1) is 26.9. The molecule has 0 spiro atoms. The van der Waals surface area contributed by atoms with Crippen LogP contribution in [0, 0.1) is 0 Å². The van der Waals surface area contributed by atoms with E-state index in [2.05, 4.69) is 0 Å². The molecule has 0 aliphatic carbocycles. The smallest absolute Gasteiger partial charge is 0.416 e. The van der Waals surface area contributed by atoms with Crippen LogP contribution < -0.4 is 13.9 Å². The molecule has 2 aromatic rings. The number of carbonyl (C=O) groups is 1. The predicted molar refractivity (Wildman–Crippen MR) is 130 cm³/mol. The number of anilines is 2. The van der Waals surface area contributed by atoms with Crippen molar-refractivity contribution >= 4 is 38.9 Å². The van der Waals surface area contributed by atoms with Gasteiger partial charge in [0.05, 0.1) is 29.6 Å². The van der Waals surface area contributed by atoms with Gasteiger partial charge < -0.3 is 14.5 Å². The molecule has 1 aliphatic heterocycles. The van der Waals surface area contributed by atoms with Crippen LogP contribution in [0.2, 0.25) is 5.02 Å². The van der Waals surface area contributed by atoms with Crippen LogP contribution in [-0.4, -0.2) is 65.3 Å². The Morgan fingerprint density at radius 2 is 1.80 bits per heavy atom. The highest BCUT2D eigenvalue weighted by atomic mass is 35.5. The highest BCUT2D eigenvalue weighted by molar-refractivity contribution is 7.92. The molecule has 0 saturated carbocycles. The maximum Gasteiger partial charge on any atom is 0.416 e. The molecule has 1 saturated heterocycles. The number of piperazine rings is 1. The molecule has 3 rings (SSSR count). The summed E-state index contributed by atoms with van der Waals surface area (Å²) in [5, 5.41) is 0.272. The van der Waals surface area contributed by atoms with Crippen molar-refractivity contribution in [1.29, 1.82) is 0 Å². The summed E-state index contributed by atoms with van der Waals surface area (Å²) in [4.78, 5) is 16.2. The summed E-state index contributed by atoms with van der Waals surface area (Å²) in [6.07, 6.45) is -2.90. The second kappa shape index (κ2) is 10.9. The summed E-state index contributed by atoms with van der Waals surface area (Å²) in [5.74, 6) is 0.290. The number of halogens is 4. The number of rotatable bonds is 8. The molecule has 7 nitrogen and oxygen atoms in total. The van der Waals surface area contributed by atoms with E-state index >= 15 is 0 Å². The Morgan fingerprint density at radius 3 is 2.37 bits per heavy atom. The number of hydrogen-bond donors (Lipinski definition) is 0. The SMILES string of the molecule is COc1ccc(N(CCCC(=O)N2CCN(c3cccc(C(F)(F)F)c3)CC2)S(C)(=O)=O)cc1Cl. The molecule has 1 heterocycles. The Kier molecular flexibility index (Phi) is 8.42. The lowest BCUT2D eigenvalue weighted by Crippen LogP contribution is -2.49. The topological polar surface area (TPSA) is 70.2 Å². The first-order chi connectivity index (χ1) is 16.4. The number of amides is 1. The predicted octanol–water partition coefficient (Wildman–Crippen LogP) is 4.26. The van der Waals surface area contributed by atoms with Crippen molar-refractivity contribution in [1.82, 2.24) is 4.90 Å². The van der Waals surface area contributed by atoms with Crippen LogP contribution in [0.5, 0.6) is 5.75 Å². The van der Waals surface area contributed by atoms with E-state index in [4.69, 9.17) is 16.3 Å². The molecule has 1 amide bonds. The van der Waals surface area contributed by atoms with Crippen molar-refractivity contribution in [3.8, 4) is 5.75 Å². The maximum atomic E-state index is 13.0. The molecular weight excluding hydrogens is 507 g/mol. The molecule has 0 aromatic heterocycles. The van der Waals surface area contributed by atoms with E-state index < -0.39 is 21.8 Å². The first-order valence-corrected chi connectivity index (χ1v) is 13.1. The molecular formula is C23H27ClF3N3O4S. The molecule has 0 radical (unpaired) electrons. The summed E-state index contributed by atoms with van der Waals surface area (Å²) in [6, 6.07) is 9.80. The lowest BCUT2D eigenvalue weighted by Gasteiger charge is -2.36. The zero-order valence-corrected chi connectivity index (χ0v) is 21.0. The fraction of sp³-hybridized carbons (Fsp3) is 0.435. The fourth-order valence-corrected chi connectivity index (χ4v) is 5.13. The quantitative estimate of drug-likeness (QED) is 0.507. The van der Waals surface area contributed by atoms with Crippen molar-refractivity contribution in [3.05, 3.63) is 53.1 Å². The highest BCUT2D eigenvalue weighted by Crippen LogP contribution is 2.32. The van der Waals surface area contributed by atoms with Crippen LogP contribution in [0.1, 0.15) is 18.4 Å². The van der Waals surface area contributed by atoms with Gasteiger partial charge in [-0.2, -0.15) is 13.2 Å². The highest BCUT2D eigenvalue weighted by Gasteiger charge is 2.31. The fourth-order valence-electron chi connectivity index (χ4n) is 3.92. The van der Waals surface area contributed by atoms with Gasteiger partial charge in [0.2, 0.25) is 15.9 Å². The Hall–Kier alpha value is -2.66. The molecule has 35 heavy (non-hydrogen) atoms. The zero-order valence-electron chi connectivity index (χ0n) is 19.4. The molecule has 2 aromatic carbocycles. The van der Waals surface area contributed by atoms with Gasteiger partial charge in [-0.3, -0.25) is 9.10 Å². The number of alkyl halides is 3. The van der Waals surface area contributed by atoms with E-state index in [9.17, 15) is 26.4 Å². The Bertz CT molecular complexity index is 1150. The van der Waals surface area contributed by atoms with Crippen LogP contribution in [0.25, 0.3) is 0 Å². The molecule has 1 fully saturated rings. The summed E-state index contributed by atoms with van der Waals surface area (Å²) in [5.41, 5.74) is 0.136. The number of ether oxygens (including phenoxy) is 1. The van der Waals surface area contributed by atoms with Gasteiger partial charge in [-0.25, -0.2) is 8.42 Å². The molecule has 0 N–H and O–H groups in total. The van der Waals surface area contributed by atoms with Crippen LogP contribution in [0.15, 0.2) is 42.5 Å². The number of sulfonamides is 1. The Labute approximate surface area is 208 Å². The lowest BCUT2D eigenvalue weighted by atomic mass is 10.1. The van der Waals surface area contributed by atoms with Crippen molar-refractivity contribution in [3.63, 3.8) is 0 Å². The maximum absolute atomic E-state index is 13.0. The van der Waals surface area contributed by atoms with Gasteiger partial charge in [-0.05, 0) is 42.8 Å². The summed E-state index contributed by atoms with van der Waals surface area (Å²) in [7, 11) is -2.15. The molecule has 0 unspecified atom stereocenters. The lowest BCUT2D eigenvalue weighted by molar-refractivity contribution is -0.137. The van der Waals surface area contributed by atoms with Crippen LogP contribution in [0.3, 0.4) is 0 Å². The minimum atomic E-state index is -4.41. The molecule has 0 atom stereocenters. The summed E-state index contributed by atoms with van der Waals surface area (Å²) in [6.45, 7) is 1.66. The van der Waals surface area contributed by atoms with Crippen LogP contribution >= 0.6 is 11.6 Å². The minimum Gasteiger partial charge on any atom is -0.495 e. The summed E-state index contributed by atoms with van der Waals surface area (Å²) < 4.78 is 69.9. The van der Waals surface area contributed by atoms with Crippen molar-refractivity contribution in [2.24, 2.45) is 0 Å². The van der Waals surface area contributed by atoms with Gasteiger partial charge in [0.25, 0.3) is 0 Å². The second-order valence-corrected chi connectivity index (χ2v) is 10.5. The third-order valence-electron chi connectivity index (χ3n) is 5.75. The largest absolute Gasteiger partial charge is 0.495 e. The summed E-state index contributed by atoms with van der Waals surface area (Å²) >= 11 is 6.13. The van der Waals surface area contributed by atoms with E-state index in [0.29, 0.717) is 49.7 Å². The zero-order chi connectivity index (χ0) is 25.8. The number of benzene rings is 2. The Morgan fingerprint density at radius 1 is 1.11 bits per heavy atom. The number of carbonyl (C=O) groups excluding carboxylic acids is 1. The average Bonchev–Trinajstić information content (AvgIpc) is 2.80. The van der Waals surface area contributed by atoms with Gasteiger partial charge in [0.1, 0.15) is 5.75 Å². The van der Waals surface area contributed by atoms with E-state index in [1.165, 1.54) is 23.5 Å². The van der Waals surface area contributed by atoms with Crippen molar-refractivity contribution in [2.75, 3.05) is 55.3 Å². The van der Waals surface area contributed by atoms with Crippen molar-refractivity contribution in [2.45, 2.75) is 19.0 Å². The van der Waals surface area contributed by atoms with Gasteiger partial charge in [0, 0.05) is 44.8 Å². The van der Waals surface area contributed by atoms with Gasteiger partial charge >= 0.3 is 6.18 Å². The second-order valence-electron chi connectivity index (χ2n) is 8.17. The molecule has 1 aliphatic rings. The van der Waals surface area contributed by atoms with Gasteiger partial charge in [0.15, 0.2) is 0 Å². The minimum absolute atomic E-state index is 0.0947. The van der Waals surface area contributed by atoms with E-state index in [1.54, 1.807) is 23.1 Å². The standard InChI is InChI=1S/C23H27ClF3N3O4S/c1-34-21-9-8-19(16-20(21)24)30(35(2,32)33)10-4-7-22(31)29-13-11-28(12-14-29)18-6-3-5-17(15-18)23(25,26)27/h3,5-6,8-9,15-16H,4,7,10-14H2,1-2H3. The van der Waals surface area contributed by atoms with Gasteiger partial charge in [-0.15, -0.1) is 0 Å². The van der Waals surface area contributed by atoms with Gasteiger partial charge in [-0.1, -0.05) is 17.7 Å². The van der Waals surface area contributed by atoms with E-state index in [0.717, 1.165) is 18.4 Å². The van der Waals surface area contributed by atoms with E-state index in [1.807, 2.05) is 4.90 Å². The monoisotopic (exact) mass is 533 g/mol. The molecule has 0 bridgehead atoms. The Balaban J connectivity index is 1.55. The number of methoxy groups -OCH3 is 1.